The highest BCUT2D eigenvalue weighted by atomic mass is 35.5. The number of likely N-dealkylation sites (N-methyl/N-ethyl adjacent to an activating group) is 1. The number of hydrogen-bond acceptors (Lipinski definition) is 3. The van der Waals surface area contributed by atoms with Crippen molar-refractivity contribution in [3.8, 4) is 16.9 Å². The van der Waals surface area contributed by atoms with E-state index in [1.807, 2.05) is 0 Å². The van der Waals surface area contributed by atoms with E-state index in [0.29, 0.717) is 0 Å². The molecule has 0 N–H and O–H groups in total. The molecule has 2 heterocycles. The van der Waals surface area contributed by atoms with Crippen molar-refractivity contribution in [3.05, 3.63) is 72.8 Å². The average molecular weight is 521 g/mol. The van der Waals surface area contributed by atoms with Gasteiger partial charge in [-0.2, -0.15) is 4.57 Å². The molecule has 3 aromatic carbocycles. The molecule has 0 radical (unpaired) electrons. The minimum atomic E-state index is 0. The summed E-state index contributed by atoms with van der Waals surface area (Å²) in [4.78, 5) is 4.88. The van der Waals surface area contributed by atoms with Crippen LogP contribution in [0.1, 0.15) is 0 Å². The van der Waals surface area contributed by atoms with E-state index in [2.05, 4.69) is 101 Å². The van der Waals surface area contributed by atoms with Crippen LogP contribution in [0.4, 0.5) is 0 Å². The zero-order chi connectivity index (χ0) is 21.2. The Bertz CT molecular complexity index is 1210. The lowest BCUT2D eigenvalue weighted by molar-refractivity contribution is -0.617. The molecule has 0 amide bonds. The molecule has 0 aliphatic carbocycles. The number of fused-ring (bicyclic) bond motifs is 2. The molecule has 4 aromatic rings. The first-order valence-corrected chi connectivity index (χ1v) is 11.1. The summed E-state index contributed by atoms with van der Waals surface area (Å²) >= 11 is 0. The van der Waals surface area contributed by atoms with Gasteiger partial charge in [0.15, 0.2) is 0 Å². The van der Waals surface area contributed by atoms with Gasteiger partial charge >= 0.3 is 0 Å². The van der Waals surface area contributed by atoms with Gasteiger partial charge in [0.2, 0.25) is 11.0 Å². The topological polar surface area (TPSA) is 19.6 Å². The molecule has 1 saturated heterocycles. The van der Waals surface area contributed by atoms with Gasteiger partial charge in [-0.1, -0.05) is 42.5 Å². The molecule has 1 aromatic heterocycles. The summed E-state index contributed by atoms with van der Waals surface area (Å²) in [7, 11) is 4.34. The van der Waals surface area contributed by atoms with Gasteiger partial charge in [-0.15, -0.1) is 24.8 Å². The lowest BCUT2D eigenvalue weighted by Gasteiger charge is -2.32. The molecule has 1 fully saturated rings. The third-order valence-corrected chi connectivity index (χ3v) is 6.47. The number of pyridine rings is 1. The summed E-state index contributed by atoms with van der Waals surface area (Å²) in [6.45, 7) is 6.22. The van der Waals surface area contributed by atoms with Gasteiger partial charge in [0.05, 0.1) is 10.8 Å². The predicted octanol–water partition coefficient (Wildman–Crippen LogP) is 1.96. The van der Waals surface area contributed by atoms with Crippen LogP contribution in [0.25, 0.3) is 32.9 Å². The second-order valence-corrected chi connectivity index (χ2v) is 8.49. The Balaban J connectivity index is 0.00000136. The maximum Gasteiger partial charge on any atom is 0.213 e. The Hall–Kier alpha value is -2.08. The summed E-state index contributed by atoms with van der Waals surface area (Å²) < 4.78 is 8.50. The first kappa shape index (κ1) is 28.2. The molecule has 7 heteroatoms. The highest BCUT2D eigenvalue weighted by Gasteiger charge is 2.19. The van der Waals surface area contributed by atoms with Gasteiger partial charge in [0.1, 0.15) is 19.4 Å². The highest BCUT2D eigenvalue weighted by Crippen LogP contribution is 2.35. The fourth-order valence-electron chi connectivity index (χ4n) is 4.63. The molecule has 0 spiro atoms. The number of rotatable bonds is 5. The Morgan fingerprint density at radius 2 is 1.44 bits per heavy atom. The van der Waals surface area contributed by atoms with Crippen LogP contribution >= 0.6 is 24.8 Å². The van der Waals surface area contributed by atoms with E-state index in [4.69, 9.17) is 4.74 Å². The number of piperazine rings is 1. The normalized spacial score (nSPS) is 14.2. The van der Waals surface area contributed by atoms with Crippen molar-refractivity contribution in [2.45, 2.75) is 0 Å². The highest BCUT2D eigenvalue weighted by molar-refractivity contribution is 6.07. The van der Waals surface area contributed by atoms with Gasteiger partial charge in [-0.05, 0) is 30.8 Å². The number of nitrogens with zero attached hydrogens (tertiary/aromatic N) is 3. The van der Waals surface area contributed by atoms with E-state index >= 15 is 0 Å². The SMILES string of the molecule is CN1CCN(CCOc2ccc3c(c2)c(-c2ccccc2)c2ccccc2[n+]3C)CC1.Cl.Cl.[Cl-]. The smallest absolute Gasteiger partial charge is 0.213 e. The second-order valence-electron chi connectivity index (χ2n) is 8.49. The zero-order valence-corrected chi connectivity index (χ0v) is 22.0. The van der Waals surface area contributed by atoms with Crippen LogP contribution < -0.4 is 21.7 Å². The standard InChI is InChI=1S/C27H30N3O.3ClH/c1-28-14-16-30(17-15-28)18-19-31-22-12-13-26-24(20-22)27(21-8-4-3-5-9-21)23-10-6-7-11-25(23)29(26)2;;;/h3-13,20H,14-19H2,1-2H3;3*1H/q+1;;;/p-1. The number of para-hydroxylation sites is 1. The minimum absolute atomic E-state index is 0. The van der Waals surface area contributed by atoms with E-state index in [-0.39, 0.29) is 37.2 Å². The zero-order valence-electron chi connectivity index (χ0n) is 19.6. The molecule has 0 saturated carbocycles. The van der Waals surface area contributed by atoms with E-state index in [9.17, 15) is 0 Å². The van der Waals surface area contributed by atoms with Gasteiger partial charge in [0.25, 0.3) is 0 Å². The lowest BCUT2D eigenvalue weighted by Crippen LogP contribution is -3.00. The van der Waals surface area contributed by atoms with Gasteiger partial charge in [0, 0.05) is 50.4 Å². The summed E-state index contributed by atoms with van der Waals surface area (Å²) in [6, 6.07) is 25.9. The lowest BCUT2D eigenvalue weighted by atomic mass is 9.95. The molecule has 34 heavy (non-hydrogen) atoms. The van der Waals surface area contributed by atoms with Crippen LogP contribution in [-0.2, 0) is 7.05 Å². The van der Waals surface area contributed by atoms with Crippen molar-refractivity contribution in [2.24, 2.45) is 7.05 Å². The quantitative estimate of drug-likeness (QED) is 0.296. The third-order valence-electron chi connectivity index (χ3n) is 6.47. The summed E-state index contributed by atoms with van der Waals surface area (Å²) in [5, 5.41) is 2.49. The summed E-state index contributed by atoms with van der Waals surface area (Å²) in [6.07, 6.45) is 0. The van der Waals surface area contributed by atoms with E-state index in [1.165, 1.54) is 32.9 Å². The Kier molecular flexibility index (Phi) is 10.4. The van der Waals surface area contributed by atoms with Gasteiger partial charge in [-0.3, -0.25) is 4.90 Å². The first-order chi connectivity index (χ1) is 15.2. The fraction of sp³-hybridized carbons (Fsp3) is 0.296. The molecule has 5 rings (SSSR count). The molecule has 182 valence electrons. The average Bonchev–Trinajstić information content (AvgIpc) is 2.81. The van der Waals surface area contributed by atoms with Crippen LogP contribution in [0.3, 0.4) is 0 Å². The summed E-state index contributed by atoms with van der Waals surface area (Å²) in [5.74, 6) is 0.939. The number of aromatic nitrogens is 1. The molecule has 0 atom stereocenters. The second kappa shape index (κ2) is 12.6. The molecule has 0 unspecified atom stereocenters. The van der Waals surface area contributed by atoms with Crippen molar-refractivity contribution in [1.82, 2.24) is 9.80 Å². The van der Waals surface area contributed by atoms with Crippen molar-refractivity contribution < 1.29 is 21.7 Å². The first-order valence-electron chi connectivity index (χ1n) is 11.1. The van der Waals surface area contributed by atoms with E-state index < -0.39 is 0 Å². The Morgan fingerprint density at radius 1 is 0.794 bits per heavy atom. The molecule has 1 aliphatic rings. The van der Waals surface area contributed by atoms with Gasteiger partial charge in [-0.25, -0.2) is 0 Å². The van der Waals surface area contributed by atoms with Crippen LogP contribution in [0.5, 0.6) is 5.75 Å². The van der Waals surface area contributed by atoms with Crippen LogP contribution in [-0.4, -0.2) is 56.2 Å². The third kappa shape index (κ3) is 5.76. The Labute approximate surface area is 220 Å². The van der Waals surface area contributed by atoms with Crippen molar-refractivity contribution >= 4 is 46.6 Å². The Morgan fingerprint density at radius 3 is 2.18 bits per heavy atom. The predicted molar refractivity (Wildman–Crippen MR) is 142 cm³/mol. The maximum atomic E-state index is 6.22. The number of benzene rings is 3. The monoisotopic (exact) mass is 519 g/mol. The number of ether oxygens (including phenoxy) is 1. The molecule has 4 nitrogen and oxygen atoms in total. The van der Waals surface area contributed by atoms with Crippen LogP contribution in [0.15, 0.2) is 72.8 Å². The van der Waals surface area contributed by atoms with Crippen molar-refractivity contribution in [3.63, 3.8) is 0 Å². The van der Waals surface area contributed by atoms with Crippen molar-refractivity contribution in [2.75, 3.05) is 46.4 Å². The molecular formula is C27H32Cl3N3O. The van der Waals surface area contributed by atoms with Crippen LogP contribution in [0, 0.1) is 0 Å². The fourth-order valence-corrected chi connectivity index (χ4v) is 4.63. The van der Waals surface area contributed by atoms with Crippen molar-refractivity contribution in [1.29, 1.82) is 0 Å². The van der Waals surface area contributed by atoms with Gasteiger partial charge < -0.3 is 22.0 Å². The molecule has 1 aliphatic heterocycles. The van der Waals surface area contributed by atoms with Crippen LogP contribution in [0.2, 0.25) is 0 Å². The number of aryl methyl sites for hydroxylation is 1. The number of halogens is 3. The minimum Gasteiger partial charge on any atom is -1.00 e. The summed E-state index contributed by atoms with van der Waals surface area (Å²) in [5.41, 5.74) is 4.95. The number of hydrogen-bond donors (Lipinski definition) is 0. The van der Waals surface area contributed by atoms with E-state index in [0.717, 1.165) is 45.1 Å². The molecular weight excluding hydrogens is 489 g/mol. The maximum absolute atomic E-state index is 6.22. The van der Waals surface area contributed by atoms with E-state index in [1.54, 1.807) is 0 Å². The molecule has 0 bridgehead atoms. The largest absolute Gasteiger partial charge is 1.00 e.